The molecule has 1 heterocycles. The Balaban J connectivity index is 1.59. The second-order valence-electron chi connectivity index (χ2n) is 6.54. The van der Waals surface area contributed by atoms with Crippen molar-refractivity contribution in [2.24, 2.45) is 5.10 Å². The lowest BCUT2D eigenvalue weighted by molar-refractivity contribution is 0.414. The van der Waals surface area contributed by atoms with Crippen LogP contribution in [0.25, 0.3) is 0 Å². The van der Waals surface area contributed by atoms with Gasteiger partial charge in [-0.3, -0.25) is 0 Å². The van der Waals surface area contributed by atoms with Crippen LogP contribution in [-0.4, -0.2) is 28.3 Å². The number of benzene rings is 3. The van der Waals surface area contributed by atoms with Crippen molar-refractivity contribution in [2.45, 2.75) is 0 Å². The molecule has 0 atom stereocenters. The Labute approximate surface area is 193 Å². The number of hydrogen-bond acceptors (Lipinski definition) is 8. The highest BCUT2D eigenvalue weighted by atomic mass is 79.9. The van der Waals surface area contributed by atoms with Gasteiger partial charge in [0.25, 0.3) is 0 Å². The SMILES string of the molecule is COc1ccc(Br)cc1/C=N/Nc1nc(Nc2ccccc2)nc(Nc2ccccc2)n1. The average molecular weight is 490 g/mol. The number of para-hydroxylation sites is 2. The molecule has 0 aliphatic heterocycles. The summed E-state index contributed by atoms with van der Waals surface area (Å²) in [6, 6.07) is 25.0. The fraction of sp³-hybridized carbons (Fsp3) is 0.0435. The van der Waals surface area contributed by atoms with E-state index in [1.54, 1.807) is 13.3 Å². The van der Waals surface area contributed by atoms with Gasteiger partial charge in [0, 0.05) is 21.4 Å². The van der Waals surface area contributed by atoms with Crippen molar-refractivity contribution in [1.29, 1.82) is 0 Å². The van der Waals surface area contributed by atoms with Crippen LogP contribution in [0.3, 0.4) is 0 Å². The molecule has 3 aromatic carbocycles. The van der Waals surface area contributed by atoms with E-state index in [9.17, 15) is 0 Å². The summed E-state index contributed by atoms with van der Waals surface area (Å²) in [7, 11) is 1.61. The number of methoxy groups -OCH3 is 1. The number of hydrazone groups is 1. The lowest BCUT2D eigenvalue weighted by Crippen LogP contribution is -2.07. The zero-order valence-electron chi connectivity index (χ0n) is 17.2. The molecule has 0 spiro atoms. The van der Waals surface area contributed by atoms with Gasteiger partial charge >= 0.3 is 0 Å². The van der Waals surface area contributed by atoms with Crippen LogP contribution < -0.4 is 20.8 Å². The molecule has 0 bridgehead atoms. The molecule has 3 N–H and O–H groups in total. The van der Waals surface area contributed by atoms with E-state index >= 15 is 0 Å². The lowest BCUT2D eigenvalue weighted by atomic mass is 10.2. The highest BCUT2D eigenvalue weighted by Crippen LogP contribution is 2.22. The fourth-order valence-corrected chi connectivity index (χ4v) is 3.18. The Morgan fingerprint density at radius 1 is 0.781 bits per heavy atom. The maximum atomic E-state index is 5.37. The molecule has 0 aliphatic carbocycles. The quantitative estimate of drug-likeness (QED) is 0.219. The standard InChI is InChI=1S/C23H20BrN7O/c1-32-20-13-12-17(24)14-16(20)15-25-31-23-29-21(26-18-8-4-2-5-9-18)28-22(30-23)27-19-10-6-3-7-11-19/h2-15H,1H3,(H3,26,27,28,29,30,31)/b25-15+. The largest absolute Gasteiger partial charge is 0.496 e. The van der Waals surface area contributed by atoms with Gasteiger partial charge in [0.05, 0.1) is 13.3 Å². The third-order valence-electron chi connectivity index (χ3n) is 4.26. The van der Waals surface area contributed by atoms with Gasteiger partial charge in [-0.25, -0.2) is 5.43 Å². The van der Waals surface area contributed by atoms with Gasteiger partial charge in [-0.15, -0.1) is 0 Å². The first-order valence-electron chi connectivity index (χ1n) is 9.72. The Morgan fingerprint density at radius 3 is 1.91 bits per heavy atom. The van der Waals surface area contributed by atoms with E-state index in [-0.39, 0.29) is 5.95 Å². The van der Waals surface area contributed by atoms with E-state index in [1.165, 1.54) is 0 Å². The van der Waals surface area contributed by atoms with E-state index in [2.05, 4.69) is 52.0 Å². The normalized spacial score (nSPS) is 10.7. The Hall–Kier alpha value is -3.98. The molecule has 32 heavy (non-hydrogen) atoms. The molecular weight excluding hydrogens is 470 g/mol. The molecule has 0 aliphatic rings. The first-order chi connectivity index (χ1) is 15.7. The summed E-state index contributed by atoms with van der Waals surface area (Å²) in [5, 5.41) is 10.6. The number of nitrogens with zero attached hydrogens (tertiary/aromatic N) is 4. The summed E-state index contributed by atoms with van der Waals surface area (Å²) in [5.41, 5.74) is 5.39. The average Bonchev–Trinajstić information content (AvgIpc) is 2.80. The molecule has 1 aromatic heterocycles. The van der Waals surface area contributed by atoms with Crippen LogP contribution in [0.1, 0.15) is 5.56 Å². The van der Waals surface area contributed by atoms with Gasteiger partial charge in [0.2, 0.25) is 17.8 Å². The van der Waals surface area contributed by atoms with Crippen molar-refractivity contribution >= 4 is 51.4 Å². The molecule has 0 saturated heterocycles. The van der Waals surface area contributed by atoms with E-state index in [0.717, 1.165) is 21.4 Å². The van der Waals surface area contributed by atoms with Crippen LogP contribution in [0, 0.1) is 0 Å². The van der Waals surface area contributed by atoms with Crippen LogP contribution in [0.2, 0.25) is 0 Å². The van der Waals surface area contributed by atoms with Crippen molar-refractivity contribution in [1.82, 2.24) is 15.0 Å². The maximum Gasteiger partial charge on any atom is 0.250 e. The van der Waals surface area contributed by atoms with Crippen LogP contribution >= 0.6 is 15.9 Å². The Morgan fingerprint density at radius 2 is 1.34 bits per heavy atom. The predicted octanol–water partition coefficient (Wildman–Crippen LogP) is 5.58. The predicted molar refractivity (Wildman–Crippen MR) is 131 cm³/mol. The van der Waals surface area contributed by atoms with E-state index < -0.39 is 0 Å². The van der Waals surface area contributed by atoms with Crippen molar-refractivity contribution in [3.63, 3.8) is 0 Å². The third kappa shape index (κ3) is 5.79. The van der Waals surface area contributed by atoms with E-state index in [0.29, 0.717) is 17.6 Å². The minimum Gasteiger partial charge on any atom is -0.496 e. The summed E-state index contributed by atoms with van der Waals surface area (Å²) in [6.45, 7) is 0. The Kier molecular flexibility index (Phi) is 6.88. The number of rotatable bonds is 8. The summed E-state index contributed by atoms with van der Waals surface area (Å²) in [6.07, 6.45) is 1.64. The van der Waals surface area contributed by atoms with Crippen molar-refractivity contribution in [3.8, 4) is 5.75 Å². The topological polar surface area (TPSA) is 96.4 Å². The highest BCUT2D eigenvalue weighted by molar-refractivity contribution is 9.10. The maximum absolute atomic E-state index is 5.37. The van der Waals surface area contributed by atoms with E-state index in [4.69, 9.17) is 4.74 Å². The first-order valence-corrected chi connectivity index (χ1v) is 10.5. The highest BCUT2D eigenvalue weighted by Gasteiger charge is 2.08. The third-order valence-corrected chi connectivity index (χ3v) is 4.75. The van der Waals surface area contributed by atoms with E-state index in [1.807, 2.05) is 78.9 Å². The molecule has 0 radical (unpaired) electrons. The van der Waals surface area contributed by atoms with Crippen molar-refractivity contribution < 1.29 is 4.74 Å². The second kappa shape index (κ2) is 10.4. The summed E-state index contributed by atoms with van der Waals surface area (Å²) < 4.78 is 6.29. The zero-order chi connectivity index (χ0) is 22.2. The number of aromatic nitrogens is 3. The van der Waals surface area contributed by atoms with Gasteiger partial charge in [-0.2, -0.15) is 20.1 Å². The summed E-state index contributed by atoms with van der Waals surface area (Å²) in [5.74, 6) is 1.74. The van der Waals surface area contributed by atoms with Crippen LogP contribution in [0.15, 0.2) is 88.4 Å². The molecule has 4 rings (SSSR count). The zero-order valence-corrected chi connectivity index (χ0v) is 18.7. The number of hydrogen-bond donors (Lipinski definition) is 3. The van der Waals surface area contributed by atoms with Crippen LogP contribution in [-0.2, 0) is 0 Å². The van der Waals surface area contributed by atoms with Gasteiger partial charge in [-0.05, 0) is 42.5 Å². The number of halogens is 1. The van der Waals surface area contributed by atoms with Gasteiger partial charge in [-0.1, -0.05) is 52.3 Å². The molecule has 0 unspecified atom stereocenters. The molecule has 160 valence electrons. The van der Waals surface area contributed by atoms with Crippen molar-refractivity contribution in [3.05, 3.63) is 88.9 Å². The minimum absolute atomic E-state index is 0.280. The first kappa shape index (κ1) is 21.3. The Bertz CT molecular complexity index is 1140. The van der Waals surface area contributed by atoms with Crippen LogP contribution in [0.4, 0.5) is 29.2 Å². The minimum atomic E-state index is 0.280. The number of ether oxygens (including phenoxy) is 1. The lowest BCUT2D eigenvalue weighted by Gasteiger charge is -2.10. The molecular formula is C23H20BrN7O. The molecule has 0 amide bonds. The number of anilines is 5. The smallest absolute Gasteiger partial charge is 0.250 e. The van der Waals surface area contributed by atoms with Gasteiger partial charge < -0.3 is 15.4 Å². The molecule has 4 aromatic rings. The molecule has 8 nitrogen and oxygen atoms in total. The summed E-state index contributed by atoms with van der Waals surface area (Å²) in [4.78, 5) is 13.3. The van der Waals surface area contributed by atoms with Gasteiger partial charge in [0.15, 0.2) is 0 Å². The number of nitrogens with one attached hydrogen (secondary N) is 3. The van der Waals surface area contributed by atoms with Crippen molar-refractivity contribution in [2.75, 3.05) is 23.2 Å². The molecule has 9 heteroatoms. The van der Waals surface area contributed by atoms with Gasteiger partial charge in [0.1, 0.15) is 5.75 Å². The fourth-order valence-electron chi connectivity index (χ4n) is 2.80. The summed E-state index contributed by atoms with van der Waals surface area (Å²) >= 11 is 3.46. The molecule has 0 fully saturated rings. The van der Waals surface area contributed by atoms with Crippen LogP contribution in [0.5, 0.6) is 5.75 Å². The second-order valence-corrected chi connectivity index (χ2v) is 7.46. The molecule has 0 saturated carbocycles. The monoisotopic (exact) mass is 489 g/mol.